The van der Waals surface area contributed by atoms with Gasteiger partial charge >= 0.3 is 0 Å². The summed E-state index contributed by atoms with van der Waals surface area (Å²) >= 11 is 0. The molecule has 1 unspecified atom stereocenters. The molecule has 0 spiro atoms. The average Bonchev–Trinajstić information content (AvgIpc) is 3.15. The number of benzene rings is 2. The molecular weight excluding hydrogens is 406 g/mol. The van der Waals surface area contributed by atoms with Gasteiger partial charge in [-0.2, -0.15) is 0 Å². The summed E-state index contributed by atoms with van der Waals surface area (Å²) in [6.07, 6.45) is 1.54. The SMILES string of the molecule is Cc1noc(C)c1COc1ccccc1C(=O)N1CCCC(C(=O)Nc2ccccc2)C1. The first-order valence-corrected chi connectivity index (χ1v) is 10.8. The molecule has 0 saturated carbocycles. The number of carbonyl (C=O) groups excluding carboxylic acids is 2. The van der Waals surface area contributed by atoms with Crippen molar-refractivity contribution >= 4 is 17.5 Å². The van der Waals surface area contributed by atoms with Crippen LogP contribution in [0.15, 0.2) is 59.1 Å². The minimum absolute atomic E-state index is 0.0587. The Morgan fingerprint density at radius 2 is 1.88 bits per heavy atom. The third-order valence-electron chi connectivity index (χ3n) is 5.79. The number of piperidine rings is 1. The number of amides is 2. The van der Waals surface area contributed by atoms with Gasteiger partial charge in [-0.05, 0) is 51.0 Å². The van der Waals surface area contributed by atoms with E-state index in [1.165, 1.54) is 0 Å². The monoisotopic (exact) mass is 433 g/mol. The highest BCUT2D eigenvalue weighted by molar-refractivity contribution is 5.98. The van der Waals surface area contributed by atoms with Crippen molar-refractivity contribution in [1.29, 1.82) is 0 Å². The number of aryl methyl sites for hydroxylation is 2. The number of carbonyl (C=O) groups is 2. The molecule has 1 atom stereocenters. The van der Waals surface area contributed by atoms with E-state index in [-0.39, 0.29) is 24.3 Å². The average molecular weight is 434 g/mol. The highest BCUT2D eigenvalue weighted by Gasteiger charge is 2.30. The molecule has 1 saturated heterocycles. The molecule has 0 aliphatic carbocycles. The van der Waals surface area contributed by atoms with E-state index < -0.39 is 0 Å². The summed E-state index contributed by atoms with van der Waals surface area (Å²) in [5.41, 5.74) is 2.90. The zero-order valence-electron chi connectivity index (χ0n) is 18.3. The first-order chi connectivity index (χ1) is 15.5. The summed E-state index contributed by atoms with van der Waals surface area (Å²) in [5.74, 6) is 0.777. The van der Waals surface area contributed by atoms with Gasteiger partial charge in [0.25, 0.3) is 5.91 Å². The molecule has 1 aliphatic rings. The second-order valence-corrected chi connectivity index (χ2v) is 8.03. The minimum Gasteiger partial charge on any atom is -0.488 e. The smallest absolute Gasteiger partial charge is 0.257 e. The number of hydrogen-bond donors (Lipinski definition) is 1. The molecule has 2 aromatic carbocycles. The van der Waals surface area contributed by atoms with Crippen molar-refractivity contribution in [1.82, 2.24) is 10.1 Å². The molecule has 0 radical (unpaired) electrons. The van der Waals surface area contributed by atoms with Crippen molar-refractivity contribution in [2.45, 2.75) is 33.3 Å². The van der Waals surface area contributed by atoms with Crippen molar-refractivity contribution in [3.05, 3.63) is 77.2 Å². The van der Waals surface area contributed by atoms with Gasteiger partial charge in [0.1, 0.15) is 18.1 Å². The van der Waals surface area contributed by atoms with Gasteiger partial charge in [-0.1, -0.05) is 35.5 Å². The zero-order valence-corrected chi connectivity index (χ0v) is 18.3. The summed E-state index contributed by atoms with van der Waals surface area (Å²) in [5, 5.41) is 6.90. The van der Waals surface area contributed by atoms with Gasteiger partial charge in [-0.3, -0.25) is 9.59 Å². The number of hydrogen-bond acceptors (Lipinski definition) is 5. The Bertz CT molecular complexity index is 1070. The second-order valence-electron chi connectivity index (χ2n) is 8.03. The van der Waals surface area contributed by atoms with Crippen molar-refractivity contribution in [3.63, 3.8) is 0 Å². The lowest BCUT2D eigenvalue weighted by Gasteiger charge is -2.32. The lowest BCUT2D eigenvalue weighted by molar-refractivity contribution is -0.121. The maximum absolute atomic E-state index is 13.3. The van der Waals surface area contributed by atoms with Gasteiger partial charge < -0.3 is 19.5 Å². The third-order valence-corrected chi connectivity index (χ3v) is 5.79. The summed E-state index contributed by atoms with van der Waals surface area (Å²) in [7, 11) is 0. The number of rotatable bonds is 6. The standard InChI is InChI=1S/C25H27N3O4/c1-17-22(18(2)32-27-17)16-31-23-13-7-6-12-21(23)25(30)28-14-8-9-19(15-28)24(29)26-20-10-4-3-5-11-20/h3-7,10-13,19H,8-9,14-16H2,1-2H3,(H,26,29). The number of ether oxygens (including phenoxy) is 1. The van der Waals surface area contributed by atoms with Crippen LogP contribution in [0, 0.1) is 19.8 Å². The van der Waals surface area contributed by atoms with Crippen molar-refractivity contribution in [2.24, 2.45) is 5.92 Å². The lowest BCUT2D eigenvalue weighted by Crippen LogP contribution is -2.43. The van der Waals surface area contributed by atoms with E-state index in [0.717, 1.165) is 29.8 Å². The molecular formula is C25H27N3O4. The molecule has 2 heterocycles. The molecule has 0 bridgehead atoms. The van der Waals surface area contributed by atoms with Crippen LogP contribution < -0.4 is 10.1 Å². The highest BCUT2D eigenvalue weighted by Crippen LogP contribution is 2.26. The molecule has 1 aromatic heterocycles. The lowest BCUT2D eigenvalue weighted by atomic mass is 9.96. The Kier molecular flexibility index (Phi) is 6.54. The van der Waals surface area contributed by atoms with E-state index >= 15 is 0 Å². The first-order valence-electron chi connectivity index (χ1n) is 10.8. The Labute approximate surface area is 187 Å². The van der Waals surface area contributed by atoms with Crippen LogP contribution in [0.4, 0.5) is 5.69 Å². The predicted molar refractivity (Wildman–Crippen MR) is 120 cm³/mol. The summed E-state index contributed by atoms with van der Waals surface area (Å²) < 4.78 is 11.2. The highest BCUT2D eigenvalue weighted by atomic mass is 16.5. The summed E-state index contributed by atoms with van der Waals surface area (Å²) in [6.45, 7) is 4.97. The van der Waals surface area contributed by atoms with Gasteiger partial charge in [-0.15, -0.1) is 0 Å². The maximum Gasteiger partial charge on any atom is 0.257 e. The van der Waals surface area contributed by atoms with E-state index in [2.05, 4.69) is 10.5 Å². The number of likely N-dealkylation sites (tertiary alicyclic amines) is 1. The third kappa shape index (κ3) is 4.82. The largest absolute Gasteiger partial charge is 0.488 e. The molecule has 2 amide bonds. The molecule has 7 heteroatoms. The molecule has 166 valence electrons. The van der Waals surface area contributed by atoms with Gasteiger partial charge in [0.2, 0.25) is 5.91 Å². The Morgan fingerprint density at radius 3 is 2.62 bits per heavy atom. The Morgan fingerprint density at radius 1 is 1.12 bits per heavy atom. The van der Waals surface area contributed by atoms with E-state index in [9.17, 15) is 9.59 Å². The fourth-order valence-corrected chi connectivity index (χ4v) is 3.94. The topological polar surface area (TPSA) is 84.7 Å². The van der Waals surface area contributed by atoms with Crippen LogP contribution >= 0.6 is 0 Å². The van der Waals surface area contributed by atoms with Crippen molar-refractivity contribution < 1.29 is 18.8 Å². The van der Waals surface area contributed by atoms with Crippen LogP contribution in [-0.2, 0) is 11.4 Å². The van der Waals surface area contributed by atoms with E-state index in [1.807, 2.05) is 56.3 Å². The van der Waals surface area contributed by atoms with Crippen LogP contribution in [0.2, 0.25) is 0 Å². The second kappa shape index (κ2) is 9.68. The van der Waals surface area contributed by atoms with Crippen LogP contribution in [0.3, 0.4) is 0 Å². The molecule has 1 fully saturated rings. The number of nitrogens with one attached hydrogen (secondary N) is 1. The number of para-hydroxylation sites is 2. The molecule has 4 rings (SSSR count). The van der Waals surface area contributed by atoms with Crippen LogP contribution in [0.5, 0.6) is 5.75 Å². The normalized spacial score (nSPS) is 15.9. The molecule has 32 heavy (non-hydrogen) atoms. The summed E-state index contributed by atoms with van der Waals surface area (Å²) in [6, 6.07) is 16.6. The van der Waals surface area contributed by atoms with Crippen molar-refractivity contribution in [2.75, 3.05) is 18.4 Å². The molecule has 1 aliphatic heterocycles. The Balaban J connectivity index is 1.44. The van der Waals surface area contributed by atoms with Gasteiger partial charge in [-0.25, -0.2) is 0 Å². The van der Waals surface area contributed by atoms with E-state index in [4.69, 9.17) is 9.26 Å². The maximum atomic E-state index is 13.3. The predicted octanol–water partition coefficient (Wildman–Crippen LogP) is 4.36. The number of nitrogens with zero attached hydrogens (tertiary/aromatic N) is 2. The fraction of sp³-hybridized carbons (Fsp3) is 0.320. The molecule has 1 N–H and O–H groups in total. The van der Waals surface area contributed by atoms with Crippen LogP contribution in [-0.4, -0.2) is 35.0 Å². The number of aromatic nitrogens is 1. The molecule has 3 aromatic rings. The van der Waals surface area contributed by atoms with Gasteiger partial charge in [0.15, 0.2) is 0 Å². The quantitative estimate of drug-likeness (QED) is 0.624. The van der Waals surface area contributed by atoms with Gasteiger partial charge in [0, 0.05) is 18.8 Å². The first kappa shape index (κ1) is 21.6. The van der Waals surface area contributed by atoms with Crippen LogP contribution in [0.1, 0.15) is 40.2 Å². The van der Waals surface area contributed by atoms with Crippen LogP contribution in [0.25, 0.3) is 0 Å². The van der Waals surface area contributed by atoms with Gasteiger partial charge in [0.05, 0.1) is 22.7 Å². The Hall–Kier alpha value is -3.61. The minimum atomic E-state index is -0.247. The van der Waals surface area contributed by atoms with Crippen molar-refractivity contribution in [3.8, 4) is 5.75 Å². The number of anilines is 1. The van der Waals surface area contributed by atoms with E-state index in [1.54, 1.807) is 17.0 Å². The molecule has 7 nitrogen and oxygen atoms in total. The fourth-order valence-electron chi connectivity index (χ4n) is 3.94. The zero-order chi connectivity index (χ0) is 22.5. The summed E-state index contributed by atoms with van der Waals surface area (Å²) in [4.78, 5) is 27.8. The van der Waals surface area contributed by atoms with E-state index in [0.29, 0.717) is 30.2 Å².